The summed E-state index contributed by atoms with van der Waals surface area (Å²) in [5, 5.41) is 10.5. The second kappa shape index (κ2) is 6.89. The Bertz CT molecular complexity index is 1070. The molecule has 2 aromatic carbocycles. The number of aryl methyl sites for hydroxylation is 1. The van der Waals surface area contributed by atoms with Gasteiger partial charge in [0, 0.05) is 22.3 Å². The van der Waals surface area contributed by atoms with Crippen molar-refractivity contribution in [2.24, 2.45) is 0 Å². The predicted octanol–water partition coefficient (Wildman–Crippen LogP) is 3.08. The molecule has 1 aliphatic rings. The lowest BCUT2D eigenvalue weighted by atomic mass is 10.0. The Morgan fingerprint density at radius 1 is 1.19 bits per heavy atom. The van der Waals surface area contributed by atoms with Crippen molar-refractivity contribution in [1.82, 2.24) is 4.98 Å². The fourth-order valence-corrected chi connectivity index (χ4v) is 3.48. The maximum atomic E-state index is 12.7. The van der Waals surface area contributed by atoms with Crippen LogP contribution in [-0.4, -0.2) is 35.4 Å². The fourth-order valence-electron chi connectivity index (χ4n) is 3.48. The highest BCUT2D eigenvalue weighted by Crippen LogP contribution is 2.28. The van der Waals surface area contributed by atoms with Crippen LogP contribution >= 0.6 is 0 Å². The normalized spacial score (nSPS) is 16.7. The number of H-pyrrole nitrogens is 1. The number of nitrogens with one attached hydrogen (secondary N) is 1. The quantitative estimate of drug-likeness (QED) is 0.745. The van der Waals surface area contributed by atoms with E-state index in [1.54, 1.807) is 12.1 Å². The number of hydrogen-bond donors (Lipinski definition) is 2. The predicted molar refractivity (Wildman–Crippen MR) is 104 cm³/mol. The third kappa shape index (κ3) is 3.08. The van der Waals surface area contributed by atoms with Crippen molar-refractivity contribution >= 4 is 22.6 Å². The minimum absolute atomic E-state index is 0.207. The van der Waals surface area contributed by atoms with Crippen LogP contribution in [0.1, 0.15) is 12.5 Å². The number of rotatable bonds is 4. The summed E-state index contributed by atoms with van der Waals surface area (Å²) in [7, 11) is 0. The van der Waals surface area contributed by atoms with E-state index in [-0.39, 0.29) is 18.7 Å². The number of amides is 1. The summed E-state index contributed by atoms with van der Waals surface area (Å²) >= 11 is 0. The van der Waals surface area contributed by atoms with Crippen LogP contribution < -0.4 is 10.5 Å². The molecule has 0 spiro atoms. The van der Waals surface area contributed by atoms with E-state index in [9.17, 15) is 14.7 Å². The summed E-state index contributed by atoms with van der Waals surface area (Å²) in [4.78, 5) is 29.1. The molecule has 1 aliphatic heterocycles. The Morgan fingerprint density at radius 2 is 2.00 bits per heavy atom. The van der Waals surface area contributed by atoms with Crippen molar-refractivity contribution in [2.45, 2.75) is 19.4 Å². The number of ether oxygens (including phenoxy) is 1. The Labute approximate surface area is 156 Å². The summed E-state index contributed by atoms with van der Waals surface area (Å²) < 4.78 is 5.07. The first-order valence-electron chi connectivity index (χ1n) is 8.95. The van der Waals surface area contributed by atoms with Gasteiger partial charge in [0.15, 0.2) is 0 Å². The molecule has 138 valence electrons. The fraction of sp³-hybridized carbons (Fsp3) is 0.238. The van der Waals surface area contributed by atoms with Gasteiger partial charge < -0.3 is 14.8 Å². The number of aliphatic hydroxyl groups excluding tert-OH is 1. The average Bonchev–Trinajstić information content (AvgIpc) is 3.08. The molecule has 2 N–H and O–H groups in total. The van der Waals surface area contributed by atoms with E-state index in [0.717, 1.165) is 23.1 Å². The number of aliphatic hydroxyl groups is 1. The van der Waals surface area contributed by atoms with Crippen LogP contribution in [0, 0.1) is 0 Å². The highest BCUT2D eigenvalue weighted by Gasteiger charge is 2.31. The first kappa shape index (κ1) is 17.3. The topological polar surface area (TPSA) is 82.6 Å². The van der Waals surface area contributed by atoms with Crippen LogP contribution in [0.3, 0.4) is 0 Å². The van der Waals surface area contributed by atoms with Gasteiger partial charge in [0.05, 0.1) is 13.2 Å². The molecule has 0 unspecified atom stereocenters. The van der Waals surface area contributed by atoms with Crippen LogP contribution in [0.2, 0.25) is 0 Å². The first-order chi connectivity index (χ1) is 13.1. The molecule has 1 atom stereocenters. The summed E-state index contributed by atoms with van der Waals surface area (Å²) in [6.45, 7) is 2.12. The van der Waals surface area contributed by atoms with Crippen LogP contribution in [-0.2, 0) is 11.2 Å². The molecule has 2 heterocycles. The number of aromatic nitrogens is 1. The van der Waals surface area contributed by atoms with E-state index in [1.165, 1.54) is 10.5 Å². The SMILES string of the molecule is CCc1ccccc1-c1cc2ccc(N3C[C@H](CO)OC3=O)cc2c(=O)[nH]1. The number of fused-ring (bicyclic) bond motifs is 1. The van der Waals surface area contributed by atoms with Crippen molar-refractivity contribution in [3.05, 3.63) is 64.4 Å². The monoisotopic (exact) mass is 364 g/mol. The van der Waals surface area contributed by atoms with Crippen molar-refractivity contribution in [1.29, 1.82) is 0 Å². The molecule has 1 amide bonds. The van der Waals surface area contributed by atoms with E-state index >= 15 is 0 Å². The second-order valence-corrected chi connectivity index (χ2v) is 6.59. The molecular weight excluding hydrogens is 344 g/mol. The van der Waals surface area contributed by atoms with Gasteiger partial charge in [-0.25, -0.2) is 4.79 Å². The van der Waals surface area contributed by atoms with Gasteiger partial charge in [0.25, 0.3) is 5.56 Å². The Kier molecular flexibility index (Phi) is 4.41. The van der Waals surface area contributed by atoms with Gasteiger partial charge in [0.2, 0.25) is 0 Å². The number of benzene rings is 2. The Hall–Kier alpha value is -3.12. The van der Waals surface area contributed by atoms with Gasteiger partial charge in [-0.05, 0) is 35.6 Å². The number of hydrogen-bond acceptors (Lipinski definition) is 4. The number of nitrogens with zero attached hydrogens (tertiary/aromatic N) is 1. The number of cyclic esters (lactones) is 1. The van der Waals surface area contributed by atoms with Gasteiger partial charge in [-0.1, -0.05) is 37.3 Å². The summed E-state index contributed by atoms with van der Waals surface area (Å²) in [5.74, 6) is 0. The second-order valence-electron chi connectivity index (χ2n) is 6.59. The molecule has 3 aromatic rings. The lowest BCUT2D eigenvalue weighted by Gasteiger charge is -2.14. The van der Waals surface area contributed by atoms with Crippen LogP contribution in [0.5, 0.6) is 0 Å². The van der Waals surface area contributed by atoms with E-state index < -0.39 is 12.2 Å². The highest BCUT2D eigenvalue weighted by molar-refractivity contribution is 5.94. The van der Waals surface area contributed by atoms with Crippen molar-refractivity contribution in [2.75, 3.05) is 18.1 Å². The lowest BCUT2D eigenvalue weighted by Crippen LogP contribution is -2.25. The molecule has 1 saturated heterocycles. The maximum absolute atomic E-state index is 12.7. The molecule has 0 saturated carbocycles. The lowest BCUT2D eigenvalue weighted by molar-refractivity contribution is 0.0963. The molecule has 0 bridgehead atoms. The molecule has 27 heavy (non-hydrogen) atoms. The summed E-state index contributed by atoms with van der Waals surface area (Å²) in [6.07, 6.45) is -0.184. The van der Waals surface area contributed by atoms with Gasteiger partial charge in [-0.3, -0.25) is 9.69 Å². The molecule has 0 aliphatic carbocycles. The minimum atomic E-state index is -0.542. The summed E-state index contributed by atoms with van der Waals surface area (Å²) in [5.41, 5.74) is 3.33. The highest BCUT2D eigenvalue weighted by atomic mass is 16.6. The van der Waals surface area contributed by atoms with Crippen molar-refractivity contribution in [3.63, 3.8) is 0 Å². The minimum Gasteiger partial charge on any atom is -0.441 e. The molecule has 4 rings (SSSR count). The van der Waals surface area contributed by atoms with E-state index in [0.29, 0.717) is 11.1 Å². The average molecular weight is 364 g/mol. The van der Waals surface area contributed by atoms with Gasteiger partial charge >= 0.3 is 6.09 Å². The van der Waals surface area contributed by atoms with Gasteiger partial charge in [-0.15, -0.1) is 0 Å². The smallest absolute Gasteiger partial charge is 0.414 e. The zero-order chi connectivity index (χ0) is 19.0. The van der Waals surface area contributed by atoms with Crippen LogP contribution in [0.4, 0.5) is 10.5 Å². The van der Waals surface area contributed by atoms with Gasteiger partial charge in [-0.2, -0.15) is 0 Å². The number of anilines is 1. The van der Waals surface area contributed by atoms with Crippen molar-refractivity contribution in [3.8, 4) is 11.3 Å². The largest absolute Gasteiger partial charge is 0.441 e. The third-order valence-electron chi connectivity index (χ3n) is 4.91. The zero-order valence-corrected chi connectivity index (χ0v) is 14.9. The summed E-state index contributed by atoms with van der Waals surface area (Å²) in [6, 6.07) is 15.3. The number of carbonyl (C=O) groups is 1. The van der Waals surface area contributed by atoms with E-state index in [2.05, 4.69) is 18.0 Å². The van der Waals surface area contributed by atoms with Gasteiger partial charge in [0.1, 0.15) is 6.10 Å². The first-order valence-corrected chi connectivity index (χ1v) is 8.95. The maximum Gasteiger partial charge on any atom is 0.414 e. The van der Waals surface area contributed by atoms with Crippen LogP contribution in [0.15, 0.2) is 53.3 Å². The number of carbonyl (C=O) groups excluding carboxylic acids is 1. The van der Waals surface area contributed by atoms with E-state index in [4.69, 9.17) is 4.74 Å². The molecule has 1 fully saturated rings. The Morgan fingerprint density at radius 3 is 2.74 bits per heavy atom. The molecule has 6 nitrogen and oxygen atoms in total. The standard InChI is InChI=1S/C21H20N2O4/c1-2-13-5-3-4-6-17(13)19-9-14-7-8-15(10-18(14)20(25)22-19)23-11-16(12-24)27-21(23)26/h3-10,16,24H,2,11-12H2,1H3,(H,22,25)/t16-/m1/s1. The van der Waals surface area contributed by atoms with Crippen LogP contribution in [0.25, 0.3) is 22.0 Å². The molecule has 0 radical (unpaired) electrons. The number of pyridine rings is 1. The van der Waals surface area contributed by atoms with Crippen molar-refractivity contribution < 1.29 is 14.6 Å². The molecular formula is C21H20N2O4. The third-order valence-corrected chi connectivity index (χ3v) is 4.91. The Balaban J connectivity index is 1.77. The zero-order valence-electron chi connectivity index (χ0n) is 14.9. The molecule has 6 heteroatoms. The van der Waals surface area contributed by atoms with E-state index in [1.807, 2.05) is 30.3 Å². The molecule has 1 aromatic heterocycles. The number of aromatic amines is 1.